The molecule has 0 atom stereocenters. The van der Waals surface area contributed by atoms with Crippen molar-refractivity contribution in [2.24, 2.45) is 0 Å². The Bertz CT molecular complexity index is 643. The van der Waals surface area contributed by atoms with Crippen LogP contribution >= 0.6 is 0 Å². The Labute approximate surface area is 113 Å². The van der Waals surface area contributed by atoms with Crippen molar-refractivity contribution in [3.05, 3.63) is 23.8 Å². The molecule has 0 radical (unpaired) electrons. The maximum atomic E-state index is 12.8. The summed E-state index contributed by atoms with van der Waals surface area (Å²) < 4.78 is 24.5. The topological polar surface area (TPSA) is 63.2 Å². The number of carbonyl (C=O) groups excluding carboxylic acids is 1. The Morgan fingerprint density at radius 2 is 1.84 bits per heavy atom. The number of aryl methyl sites for hydroxylation is 1. The highest BCUT2D eigenvalue weighted by Crippen LogP contribution is 2.45. The Morgan fingerprint density at radius 3 is 2.53 bits per heavy atom. The SMILES string of the molecule is Cc1ccc2c(c1)NC(=O)C1(CCCCC1)S2(=O)=O. The van der Waals surface area contributed by atoms with E-state index in [1.165, 1.54) is 0 Å². The molecule has 5 heteroatoms. The van der Waals surface area contributed by atoms with E-state index >= 15 is 0 Å². The second kappa shape index (κ2) is 4.07. The number of sulfone groups is 1. The molecule has 3 rings (SSSR count). The Hall–Kier alpha value is -1.36. The van der Waals surface area contributed by atoms with Gasteiger partial charge in [0.05, 0.1) is 10.6 Å². The van der Waals surface area contributed by atoms with Crippen LogP contribution in [0.5, 0.6) is 0 Å². The molecule has 0 saturated heterocycles. The van der Waals surface area contributed by atoms with Crippen molar-refractivity contribution in [1.82, 2.24) is 0 Å². The van der Waals surface area contributed by atoms with Gasteiger partial charge in [0.25, 0.3) is 0 Å². The van der Waals surface area contributed by atoms with Gasteiger partial charge in [-0.2, -0.15) is 0 Å². The van der Waals surface area contributed by atoms with Gasteiger partial charge < -0.3 is 5.32 Å². The van der Waals surface area contributed by atoms with Gasteiger partial charge in [0.1, 0.15) is 0 Å². The molecule has 1 N–H and O–H groups in total. The molecule has 1 saturated carbocycles. The standard InChI is InChI=1S/C14H17NO3S/c1-10-5-6-12-11(9-10)15-13(16)14(19(12,17)18)7-3-2-4-8-14/h5-6,9H,2-4,7-8H2,1H3,(H,15,16). The molecule has 1 aromatic rings. The minimum atomic E-state index is -3.58. The minimum Gasteiger partial charge on any atom is -0.324 e. The molecule has 102 valence electrons. The number of benzene rings is 1. The number of rotatable bonds is 0. The van der Waals surface area contributed by atoms with Crippen LogP contribution in [0.25, 0.3) is 0 Å². The minimum absolute atomic E-state index is 0.277. The molecule has 1 heterocycles. The zero-order valence-electron chi connectivity index (χ0n) is 10.9. The van der Waals surface area contributed by atoms with Crippen LogP contribution in [0.2, 0.25) is 0 Å². The molecule has 1 fully saturated rings. The summed E-state index contributed by atoms with van der Waals surface area (Å²) in [5.41, 5.74) is 1.37. The van der Waals surface area contributed by atoms with E-state index in [1.54, 1.807) is 18.2 Å². The van der Waals surface area contributed by atoms with Crippen LogP contribution in [0.3, 0.4) is 0 Å². The van der Waals surface area contributed by atoms with Crippen LogP contribution in [-0.4, -0.2) is 19.1 Å². The van der Waals surface area contributed by atoms with Crippen molar-refractivity contribution in [3.63, 3.8) is 0 Å². The van der Waals surface area contributed by atoms with Crippen molar-refractivity contribution < 1.29 is 13.2 Å². The quantitative estimate of drug-likeness (QED) is 0.793. The normalized spacial score (nSPS) is 23.7. The van der Waals surface area contributed by atoms with Crippen LogP contribution < -0.4 is 5.32 Å². The average molecular weight is 279 g/mol. The fourth-order valence-electron chi connectivity index (χ4n) is 3.16. The van der Waals surface area contributed by atoms with Gasteiger partial charge in [-0.25, -0.2) is 8.42 Å². The first-order valence-corrected chi connectivity index (χ1v) is 8.12. The van der Waals surface area contributed by atoms with Crippen molar-refractivity contribution >= 4 is 21.4 Å². The second-order valence-corrected chi connectivity index (χ2v) is 7.74. The highest BCUT2D eigenvalue weighted by Gasteiger charge is 2.54. The summed E-state index contributed by atoms with van der Waals surface area (Å²) >= 11 is 0. The molecule has 19 heavy (non-hydrogen) atoms. The van der Waals surface area contributed by atoms with Crippen molar-refractivity contribution in [2.75, 3.05) is 5.32 Å². The molecule has 1 aliphatic carbocycles. The first kappa shape index (κ1) is 12.7. The van der Waals surface area contributed by atoms with Crippen molar-refractivity contribution in [1.29, 1.82) is 0 Å². The lowest BCUT2D eigenvalue weighted by atomic mass is 9.87. The summed E-state index contributed by atoms with van der Waals surface area (Å²) in [7, 11) is -3.58. The lowest BCUT2D eigenvalue weighted by molar-refractivity contribution is -0.119. The van der Waals surface area contributed by atoms with Crippen LogP contribution in [0.15, 0.2) is 23.1 Å². The third-order valence-electron chi connectivity index (χ3n) is 4.26. The van der Waals surface area contributed by atoms with Gasteiger partial charge in [-0.1, -0.05) is 25.3 Å². The highest BCUT2D eigenvalue weighted by atomic mass is 32.2. The molecular weight excluding hydrogens is 262 g/mol. The first-order valence-electron chi connectivity index (χ1n) is 6.64. The predicted molar refractivity (Wildman–Crippen MR) is 72.8 cm³/mol. The third-order valence-corrected chi connectivity index (χ3v) is 6.82. The summed E-state index contributed by atoms with van der Waals surface area (Å²) in [4.78, 5) is 12.6. The van der Waals surface area contributed by atoms with E-state index in [-0.39, 0.29) is 10.8 Å². The smallest absolute Gasteiger partial charge is 0.246 e. The van der Waals surface area contributed by atoms with Crippen LogP contribution in [0.4, 0.5) is 5.69 Å². The maximum Gasteiger partial charge on any atom is 0.246 e. The van der Waals surface area contributed by atoms with Crippen molar-refractivity contribution in [2.45, 2.75) is 48.7 Å². The van der Waals surface area contributed by atoms with E-state index < -0.39 is 14.6 Å². The van der Waals surface area contributed by atoms with E-state index in [0.717, 1.165) is 24.8 Å². The number of amides is 1. The molecule has 1 aromatic carbocycles. The number of anilines is 1. The summed E-state index contributed by atoms with van der Waals surface area (Å²) in [6.07, 6.45) is 3.48. The lowest BCUT2D eigenvalue weighted by Gasteiger charge is -2.38. The van der Waals surface area contributed by atoms with E-state index in [2.05, 4.69) is 5.32 Å². The number of hydrogen-bond donors (Lipinski definition) is 1. The number of nitrogens with one attached hydrogen (secondary N) is 1. The van der Waals surface area contributed by atoms with Gasteiger partial charge in [-0.05, 0) is 37.5 Å². The van der Waals surface area contributed by atoms with Gasteiger partial charge >= 0.3 is 0 Å². The van der Waals surface area contributed by atoms with Gasteiger partial charge in [0, 0.05) is 0 Å². The number of carbonyl (C=O) groups is 1. The number of hydrogen-bond acceptors (Lipinski definition) is 3. The van der Waals surface area contributed by atoms with Gasteiger partial charge in [0.15, 0.2) is 14.6 Å². The van der Waals surface area contributed by atoms with Crippen LogP contribution in [-0.2, 0) is 14.6 Å². The Morgan fingerprint density at radius 1 is 1.16 bits per heavy atom. The summed E-state index contributed by atoms with van der Waals surface area (Å²) in [5.74, 6) is -0.342. The second-order valence-electron chi connectivity index (χ2n) is 5.51. The van der Waals surface area contributed by atoms with Gasteiger partial charge in [-0.3, -0.25) is 4.79 Å². The molecule has 0 aromatic heterocycles. The van der Waals surface area contributed by atoms with Gasteiger partial charge in [0.2, 0.25) is 5.91 Å². The van der Waals surface area contributed by atoms with Crippen molar-refractivity contribution in [3.8, 4) is 0 Å². The summed E-state index contributed by atoms with van der Waals surface area (Å²) in [6.45, 7) is 1.88. The maximum absolute atomic E-state index is 12.8. The highest BCUT2D eigenvalue weighted by molar-refractivity contribution is 7.94. The Kier molecular flexibility index (Phi) is 2.71. The molecular formula is C14H17NO3S. The fourth-order valence-corrected chi connectivity index (χ4v) is 5.35. The zero-order chi connectivity index (χ0) is 13.7. The summed E-state index contributed by atoms with van der Waals surface area (Å²) in [5, 5.41) is 2.80. The Balaban J connectivity index is 2.21. The molecule has 1 aliphatic heterocycles. The van der Waals surface area contributed by atoms with E-state index in [1.807, 2.05) is 6.92 Å². The molecule has 0 bridgehead atoms. The fraction of sp³-hybridized carbons (Fsp3) is 0.500. The van der Waals surface area contributed by atoms with Gasteiger partial charge in [-0.15, -0.1) is 0 Å². The third kappa shape index (κ3) is 1.64. The number of fused-ring (bicyclic) bond motifs is 1. The molecule has 1 spiro atoms. The zero-order valence-corrected chi connectivity index (χ0v) is 11.7. The predicted octanol–water partition coefficient (Wildman–Crippen LogP) is 2.42. The molecule has 0 unspecified atom stereocenters. The molecule has 4 nitrogen and oxygen atoms in total. The van der Waals surface area contributed by atoms with E-state index in [0.29, 0.717) is 18.5 Å². The molecule has 2 aliphatic rings. The molecule has 1 amide bonds. The van der Waals surface area contributed by atoms with E-state index in [4.69, 9.17) is 0 Å². The monoisotopic (exact) mass is 279 g/mol. The average Bonchev–Trinajstić information content (AvgIpc) is 2.37. The largest absolute Gasteiger partial charge is 0.324 e. The van der Waals surface area contributed by atoms with Crippen LogP contribution in [0.1, 0.15) is 37.7 Å². The summed E-state index contributed by atoms with van der Waals surface area (Å²) in [6, 6.07) is 5.13. The lowest BCUT2D eigenvalue weighted by Crippen LogP contribution is -2.53. The van der Waals surface area contributed by atoms with E-state index in [9.17, 15) is 13.2 Å². The van der Waals surface area contributed by atoms with Crippen LogP contribution in [0, 0.1) is 6.92 Å². The first-order chi connectivity index (χ1) is 8.97.